The van der Waals surface area contributed by atoms with Gasteiger partial charge in [-0.1, -0.05) is 24.3 Å². The second-order valence-electron chi connectivity index (χ2n) is 7.61. The van der Waals surface area contributed by atoms with Crippen LogP contribution in [-0.4, -0.2) is 45.5 Å². The number of rotatable bonds is 6. The van der Waals surface area contributed by atoms with E-state index in [4.69, 9.17) is 19.5 Å². The molecule has 0 fully saturated rings. The molecule has 174 valence electrons. The number of hydrogen-bond donors (Lipinski definition) is 0. The molecule has 0 amide bonds. The predicted octanol–water partition coefficient (Wildman–Crippen LogP) is 3.61. The molecule has 1 aliphatic rings. The van der Waals surface area contributed by atoms with E-state index in [9.17, 15) is 13.2 Å². The SMILES string of the molecule is CN(CC(=O)Oc1ccc(-c2ccc(C#N)cc2)cc1)S(=O)(=O)c1ccc2c(c1)OCCCO2. The lowest BCUT2D eigenvalue weighted by Gasteiger charge is -2.17. The van der Waals surface area contributed by atoms with Crippen LogP contribution < -0.4 is 14.2 Å². The number of sulfonamides is 1. The molecule has 0 bridgehead atoms. The monoisotopic (exact) mass is 478 g/mol. The fourth-order valence-corrected chi connectivity index (χ4v) is 4.50. The largest absolute Gasteiger partial charge is 0.490 e. The summed E-state index contributed by atoms with van der Waals surface area (Å²) in [7, 11) is -2.63. The molecule has 8 nitrogen and oxygen atoms in total. The van der Waals surface area contributed by atoms with E-state index in [-0.39, 0.29) is 4.90 Å². The maximum absolute atomic E-state index is 12.9. The van der Waals surface area contributed by atoms with Crippen molar-refractivity contribution >= 4 is 16.0 Å². The molecule has 34 heavy (non-hydrogen) atoms. The topological polar surface area (TPSA) is 106 Å². The van der Waals surface area contributed by atoms with Gasteiger partial charge in [0.05, 0.1) is 29.7 Å². The van der Waals surface area contributed by atoms with Crippen LogP contribution in [0, 0.1) is 11.3 Å². The maximum atomic E-state index is 12.9. The minimum absolute atomic E-state index is 0.00109. The number of nitriles is 1. The minimum atomic E-state index is -3.95. The molecular formula is C25H22N2O6S. The van der Waals surface area contributed by atoms with Gasteiger partial charge in [0, 0.05) is 19.5 Å². The molecule has 3 aromatic rings. The number of carbonyl (C=O) groups is 1. The Labute approximate surface area is 198 Å². The average Bonchev–Trinajstić information content (AvgIpc) is 3.09. The van der Waals surface area contributed by atoms with Crippen molar-refractivity contribution in [2.24, 2.45) is 0 Å². The smallest absolute Gasteiger partial charge is 0.326 e. The molecule has 0 spiro atoms. The molecule has 3 aromatic carbocycles. The maximum Gasteiger partial charge on any atom is 0.326 e. The van der Waals surface area contributed by atoms with Crippen LogP contribution in [0.15, 0.2) is 71.6 Å². The van der Waals surface area contributed by atoms with Crippen LogP contribution in [0.4, 0.5) is 0 Å². The molecule has 4 rings (SSSR count). The molecule has 0 saturated heterocycles. The van der Waals surface area contributed by atoms with Crippen LogP contribution in [0.1, 0.15) is 12.0 Å². The number of fused-ring (bicyclic) bond motifs is 1. The number of likely N-dealkylation sites (N-methyl/N-ethyl adjacent to an activating group) is 1. The Morgan fingerprint density at radius 2 is 1.59 bits per heavy atom. The highest BCUT2D eigenvalue weighted by atomic mass is 32.2. The Kier molecular flexibility index (Phi) is 6.82. The van der Waals surface area contributed by atoms with E-state index in [2.05, 4.69) is 6.07 Å². The first kappa shape index (κ1) is 23.3. The van der Waals surface area contributed by atoms with Crippen molar-refractivity contribution in [2.75, 3.05) is 26.8 Å². The lowest BCUT2D eigenvalue weighted by molar-refractivity contribution is -0.134. The van der Waals surface area contributed by atoms with Gasteiger partial charge < -0.3 is 14.2 Å². The normalized spacial score (nSPS) is 13.1. The van der Waals surface area contributed by atoms with Crippen molar-refractivity contribution in [1.29, 1.82) is 5.26 Å². The summed E-state index contributed by atoms with van der Waals surface area (Å²) in [6, 6.07) is 20.4. The molecule has 0 radical (unpaired) electrons. The quantitative estimate of drug-likeness (QED) is 0.394. The summed E-state index contributed by atoms with van der Waals surface area (Å²) in [5.41, 5.74) is 2.37. The minimum Gasteiger partial charge on any atom is -0.490 e. The number of hydrogen-bond acceptors (Lipinski definition) is 7. The molecule has 0 saturated carbocycles. The third kappa shape index (κ3) is 5.20. The van der Waals surface area contributed by atoms with Crippen molar-refractivity contribution in [2.45, 2.75) is 11.3 Å². The molecule has 0 aliphatic carbocycles. The predicted molar refractivity (Wildman–Crippen MR) is 124 cm³/mol. The lowest BCUT2D eigenvalue weighted by Crippen LogP contribution is -2.34. The van der Waals surface area contributed by atoms with Gasteiger partial charge in [0.25, 0.3) is 0 Å². The van der Waals surface area contributed by atoms with Gasteiger partial charge in [-0.05, 0) is 47.5 Å². The van der Waals surface area contributed by atoms with Crippen LogP contribution in [0.3, 0.4) is 0 Å². The summed E-state index contributed by atoms with van der Waals surface area (Å²) >= 11 is 0. The molecular weight excluding hydrogens is 456 g/mol. The number of esters is 1. The highest BCUT2D eigenvalue weighted by Crippen LogP contribution is 2.32. The van der Waals surface area contributed by atoms with Gasteiger partial charge in [-0.25, -0.2) is 8.42 Å². The van der Waals surface area contributed by atoms with Gasteiger partial charge in [0.1, 0.15) is 12.3 Å². The Morgan fingerprint density at radius 3 is 2.24 bits per heavy atom. The van der Waals surface area contributed by atoms with E-state index >= 15 is 0 Å². The van der Waals surface area contributed by atoms with Crippen molar-refractivity contribution in [1.82, 2.24) is 4.31 Å². The Morgan fingerprint density at radius 1 is 0.971 bits per heavy atom. The number of ether oxygens (including phenoxy) is 3. The third-order valence-electron chi connectivity index (χ3n) is 5.21. The number of carbonyl (C=O) groups excluding carboxylic acids is 1. The van der Waals surface area contributed by atoms with Crippen LogP contribution in [0.5, 0.6) is 17.2 Å². The first-order valence-electron chi connectivity index (χ1n) is 10.5. The van der Waals surface area contributed by atoms with E-state index < -0.39 is 22.5 Å². The molecule has 0 atom stereocenters. The zero-order valence-corrected chi connectivity index (χ0v) is 19.2. The second-order valence-corrected chi connectivity index (χ2v) is 9.65. The molecule has 9 heteroatoms. The Hall–Kier alpha value is -3.87. The second kappa shape index (κ2) is 9.95. The van der Waals surface area contributed by atoms with Crippen LogP contribution in [0.2, 0.25) is 0 Å². The first-order chi connectivity index (χ1) is 16.4. The van der Waals surface area contributed by atoms with E-state index in [1.165, 1.54) is 19.2 Å². The van der Waals surface area contributed by atoms with Gasteiger partial charge in [0.2, 0.25) is 10.0 Å². The fourth-order valence-electron chi connectivity index (χ4n) is 3.37. The van der Waals surface area contributed by atoms with Crippen LogP contribution in [0.25, 0.3) is 11.1 Å². The molecule has 0 unspecified atom stereocenters. The highest BCUT2D eigenvalue weighted by Gasteiger charge is 2.26. The van der Waals surface area contributed by atoms with Gasteiger partial charge >= 0.3 is 5.97 Å². The Balaban J connectivity index is 1.40. The standard InChI is InChI=1S/C25H22N2O6S/c1-27(34(29,30)22-11-12-23-24(15-22)32-14-2-13-31-23)17-25(28)33-21-9-7-20(8-10-21)19-5-3-18(16-26)4-6-19/h3-12,15H,2,13-14,17H2,1H3. The number of benzene rings is 3. The van der Waals surface area contributed by atoms with E-state index in [1.807, 2.05) is 12.1 Å². The van der Waals surface area contributed by atoms with Crippen molar-refractivity contribution in [3.8, 4) is 34.4 Å². The molecule has 0 aromatic heterocycles. The van der Waals surface area contributed by atoms with E-state index in [1.54, 1.807) is 42.5 Å². The molecule has 1 aliphatic heterocycles. The highest BCUT2D eigenvalue weighted by molar-refractivity contribution is 7.89. The van der Waals surface area contributed by atoms with E-state index in [0.29, 0.717) is 42.4 Å². The summed E-state index contributed by atoms with van der Waals surface area (Å²) < 4.78 is 43.2. The summed E-state index contributed by atoms with van der Waals surface area (Å²) in [4.78, 5) is 12.4. The summed E-state index contributed by atoms with van der Waals surface area (Å²) in [6.45, 7) is 0.468. The van der Waals surface area contributed by atoms with Crippen molar-refractivity contribution < 1.29 is 27.4 Å². The zero-order chi connectivity index (χ0) is 24.1. The zero-order valence-electron chi connectivity index (χ0n) is 18.4. The summed E-state index contributed by atoms with van der Waals surface area (Å²) in [6.07, 6.45) is 0.705. The average molecular weight is 479 g/mol. The van der Waals surface area contributed by atoms with Gasteiger partial charge in [-0.2, -0.15) is 9.57 Å². The molecule has 1 heterocycles. The number of nitrogens with zero attached hydrogens (tertiary/aromatic N) is 2. The van der Waals surface area contributed by atoms with Crippen LogP contribution in [-0.2, 0) is 14.8 Å². The fraction of sp³-hybridized carbons (Fsp3) is 0.200. The summed E-state index contributed by atoms with van der Waals surface area (Å²) in [5.74, 6) is 0.426. The first-order valence-corrected chi connectivity index (χ1v) is 12.0. The lowest BCUT2D eigenvalue weighted by atomic mass is 10.0. The Bertz CT molecular complexity index is 1330. The van der Waals surface area contributed by atoms with Crippen molar-refractivity contribution in [3.63, 3.8) is 0 Å². The van der Waals surface area contributed by atoms with Gasteiger partial charge in [0.15, 0.2) is 11.5 Å². The van der Waals surface area contributed by atoms with Gasteiger partial charge in [-0.3, -0.25) is 4.79 Å². The van der Waals surface area contributed by atoms with E-state index in [0.717, 1.165) is 15.4 Å². The van der Waals surface area contributed by atoms with Crippen LogP contribution >= 0.6 is 0 Å². The third-order valence-corrected chi connectivity index (χ3v) is 7.01. The van der Waals surface area contributed by atoms with Gasteiger partial charge in [-0.15, -0.1) is 0 Å². The summed E-state index contributed by atoms with van der Waals surface area (Å²) in [5, 5.41) is 8.90. The molecule has 0 N–H and O–H groups in total. The van der Waals surface area contributed by atoms with Crippen molar-refractivity contribution in [3.05, 3.63) is 72.3 Å².